The molecule has 7 heteroatoms. The molecule has 0 fully saturated rings. The minimum absolute atomic E-state index is 0.0872. The number of nitrogens with zero attached hydrogens (tertiary/aromatic N) is 2. The highest BCUT2D eigenvalue weighted by Gasteiger charge is 2.11. The standard InChI is InChI=1S/C11H12BrN3O2S/c1-2-14-5-8(13)10(16)15(11(14)17)6-9-7(12)3-4-18-9/h3-5H,2,6,13H2,1H3. The summed E-state index contributed by atoms with van der Waals surface area (Å²) in [7, 11) is 0. The molecule has 5 nitrogen and oxygen atoms in total. The summed E-state index contributed by atoms with van der Waals surface area (Å²) in [5.74, 6) is 0. The lowest BCUT2D eigenvalue weighted by Crippen LogP contribution is -2.40. The molecule has 2 heterocycles. The summed E-state index contributed by atoms with van der Waals surface area (Å²) < 4.78 is 3.48. The van der Waals surface area contributed by atoms with Crippen molar-refractivity contribution in [3.63, 3.8) is 0 Å². The van der Waals surface area contributed by atoms with Crippen molar-refractivity contribution in [2.75, 3.05) is 5.73 Å². The number of nitrogen functional groups attached to an aromatic ring is 1. The van der Waals surface area contributed by atoms with E-state index in [1.54, 1.807) is 0 Å². The van der Waals surface area contributed by atoms with Gasteiger partial charge in [0, 0.05) is 22.1 Å². The second kappa shape index (κ2) is 5.11. The molecule has 18 heavy (non-hydrogen) atoms. The summed E-state index contributed by atoms with van der Waals surface area (Å²) in [6.07, 6.45) is 1.39. The van der Waals surface area contributed by atoms with Crippen LogP contribution in [0.5, 0.6) is 0 Å². The highest BCUT2D eigenvalue weighted by atomic mass is 79.9. The van der Waals surface area contributed by atoms with Gasteiger partial charge in [-0.1, -0.05) is 0 Å². The first-order chi connectivity index (χ1) is 8.54. The molecule has 2 aromatic rings. The van der Waals surface area contributed by atoms with Gasteiger partial charge in [-0.3, -0.25) is 13.9 Å². The largest absolute Gasteiger partial charge is 0.393 e. The van der Waals surface area contributed by atoms with Gasteiger partial charge in [0.25, 0.3) is 5.56 Å². The zero-order chi connectivity index (χ0) is 13.3. The van der Waals surface area contributed by atoms with Gasteiger partial charge in [0.05, 0.1) is 6.54 Å². The van der Waals surface area contributed by atoms with E-state index in [-0.39, 0.29) is 17.9 Å². The van der Waals surface area contributed by atoms with Crippen LogP contribution < -0.4 is 17.0 Å². The zero-order valence-corrected chi connectivity index (χ0v) is 12.1. The molecule has 2 aromatic heterocycles. The number of hydrogen-bond acceptors (Lipinski definition) is 4. The monoisotopic (exact) mass is 329 g/mol. The SMILES string of the molecule is CCn1cc(N)c(=O)n(Cc2sccc2Br)c1=O. The molecule has 96 valence electrons. The Kier molecular flexibility index (Phi) is 3.72. The molecule has 0 aliphatic heterocycles. The van der Waals surface area contributed by atoms with Crippen molar-refractivity contribution in [3.8, 4) is 0 Å². The van der Waals surface area contributed by atoms with Crippen molar-refractivity contribution >= 4 is 33.0 Å². The first kappa shape index (κ1) is 13.1. The Morgan fingerprint density at radius 3 is 2.72 bits per heavy atom. The number of thiophene rings is 1. The van der Waals surface area contributed by atoms with E-state index in [9.17, 15) is 9.59 Å². The molecule has 2 N–H and O–H groups in total. The molecular formula is C11H12BrN3O2S. The third kappa shape index (κ3) is 2.28. The van der Waals surface area contributed by atoms with Crippen LogP contribution in [0.1, 0.15) is 11.8 Å². The van der Waals surface area contributed by atoms with Gasteiger partial charge >= 0.3 is 5.69 Å². The minimum Gasteiger partial charge on any atom is -0.393 e. The Hall–Kier alpha value is -1.34. The first-order valence-electron chi connectivity index (χ1n) is 5.36. The van der Waals surface area contributed by atoms with E-state index in [1.807, 2.05) is 18.4 Å². The number of aromatic nitrogens is 2. The predicted octanol–water partition coefficient (Wildman–Crippen LogP) is 1.48. The summed E-state index contributed by atoms with van der Waals surface area (Å²) in [4.78, 5) is 24.9. The van der Waals surface area contributed by atoms with E-state index in [0.29, 0.717) is 6.54 Å². The molecule has 0 saturated carbocycles. The van der Waals surface area contributed by atoms with Crippen LogP contribution in [0.25, 0.3) is 0 Å². The molecule has 0 saturated heterocycles. The van der Waals surface area contributed by atoms with Crippen LogP contribution in [0.3, 0.4) is 0 Å². The van der Waals surface area contributed by atoms with Crippen molar-refractivity contribution in [2.24, 2.45) is 0 Å². The van der Waals surface area contributed by atoms with Crippen molar-refractivity contribution < 1.29 is 0 Å². The highest BCUT2D eigenvalue weighted by molar-refractivity contribution is 9.10. The maximum absolute atomic E-state index is 12.1. The van der Waals surface area contributed by atoms with Gasteiger partial charge < -0.3 is 5.73 Å². The van der Waals surface area contributed by atoms with Crippen LogP contribution in [0.2, 0.25) is 0 Å². The number of aryl methyl sites for hydroxylation is 1. The maximum Gasteiger partial charge on any atom is 0.331 e. The van der Waals surface area contributed by atoms with Crippen molar-refractivity contribution in [1.29, 1.82) is 0 Å². The fourth-order valence-electron chi connectivity index (χ4n) is 1.62. The van der Waals surface area contributed by atoms with Crippen molar-refractivity contribution in [1.82, 2.24) is 9.13 Å². The van der Waals surface area contributed by atoms with Crippen molar-refractivity contribution in [3.05, 3.63) is 47.8 Å². The van der Waals surface area contributed by atoms with Crippen LogP contribution in [-0.4, -0.2) is 9.13 Å². The number of nitrogens with two attached hydrogens (primary N) is 1. The Morgan fingerprint density at radius 2 is 2.17 bits per heavy atom. The molecular weight excluding hydrogens is 318 g/mol. The highest BCUT2D eigenvalue weighted by Crippen LogP contribution is 2.22. The molecule has 0 aliphatic rings. The second-order valence-corrected chi connectivity index (χ2v) is 5.59. The van der Waals surface area contributed by atoms with Crippen molar-refractivity contribution in [2.45, 2.75) is 20.0 Å². The summed E-state index contributed by atoms with van der Waals surface area (Å²) in [6.45, 7) is 2.55. The number of anilines is 1. The lowest BCUT2D eigenvalue weighted by molar-refractivity contribution is 0.605. The molecule has 0 radical (unpaired) electrons. The molecule has 0 unspecified atom stereocenters. The lowest BCUT2D eigenvalue weighted by atomic mass is 10.4. The molecule has 0 atom stereocenters. The summed E-state index contributed by atoms with van der Waals surface area (Å²) in [5, 5.41) is 1.90. The van der Waals surface area contributed by atoms with Gasteiger partial charge in [0.1, 0.15) is 5.69 Å². The third-order valence-corrected chi connectivity index (χ3v) is 4.51. The Balaban J connectivity index is 2.57. The predicted molar refractivity (Wildman–Crippen MR) is 76.2 cm³/mol. The normalized spacial score (nSPS) is 10.8. The molecule has 0 spiro atoms. The van der Waals surface area contributed by atoms with E-state index in [0.717, 1.165) is 13.9 Å². The summed E-state index contributed by atoms with van der Waals surface area (Å²) in [5.41, 5.74) is 4.94. The van der Waals surface area contributed by atoms with Gasteiger partial charge in [0.15, 0.2) is 0 Å². The van der Waals surface area contributed by atoms with E-state index in [1.165, 1.54) is 22.1 Å². The van der Waals surface area contributed by atoms with Crippen LogP contribution in [0, 0.1) is 0 Å². The van der Waals surface area contributed by atoms with E-state index >= 15 is 0 Å². The summed E-state index contributed by atoms with van der Waals surface area (Å²) in [6, 6.07) is 1.88. The number of halogens is 1. The second-order valence-electron chi connectivity index (χ2n) is 3.74. The average molecular weight is 330 g/mol. The summed E-state index contributed by atoms with van der Waals surface area (Å²) >= 11 is 4.87. The molecule has 0 bridgehead atoms. The van der Waals surface area contributed by atoms with E-state index in [2.05, 4.69) is 15.9 Å². The molecule has 0 aromatic carbocycles. The lowest BCUT2D eigenvalue weighted by Gasteiger charge is -2.09. The van der Waals surface area contributed by atoms with Crippen LogP contribution in [0.15, 0.2) is 31.7 Å². The Morgan fingerprint density at radius 1 is 1.44 bits per heavy atom. The molecule has 0 amide bonds. The van der Waals surface area contributed by atoms with Gasteiger partial charge in [-0.2, -0.15) is 0 Å². The smallest absolute Gasteiger partial charge is 0.331 e. The van der Waals surface area contributed by atoms with Gasteiger partial charge in [-0.15, -0.1) is 11.3 Å². The minimum atomic E-state index is -0.440. The Labute approximate surface area is 116 Å². The molecule has 2 rings (SSSR count). The quantitative estimate of drug-likeness (QED) is 0.927. The fraction of sp³-hybridized carbons (Fsp3) is 0.273. The zero-order valence-electron chi connectivity index (χ0n) is 9.72. The van der Waals surface area contributed by atoms with Gasteiger partial charge in [0.2, 0.25) is 0 Å². The first-order valence-corrected chi connectivity index (χ1v) is 7.03. The number of rotatable bonds is 3. The van der Waals surface area contributed by atoms with Crippen LogP contribution >= 0.6 is 27.3 Å². The average Bonchev–Trinajstić information content (AvgIpc) is 2.75. The third-order valence-electron chi connectivity index (χ3n) is 2.60. The fourth-order valence-corrected chi connectivity index (χ4v) is 3.09. The Bertz CT molecular complexity index is 686. The van der Waals surface area contributed by atoms with Crippen LogP contribution in [-0.2, 0) is 13.1 Å². The van der Waals surface area contributed by atoms with Crippen LogP contribution in [0.4, 0.5) is 5.69 Å². The van der Waals surface area contributed by atoms with E-state index in [4.69, 9.17) is 5.73 Å². The van der Waals surface area contributed by atoms with Gasteiger partial charge in [-0.05, 0) is 34.3 Å². The molecule has 0 aliphatic carbocycles. The number of hydrogen-bond donors (Lipinski definition) is 1. The maximum atomic E-state index is 12.1. The van der Waals surface area contributed by atoms with E-state index < -0.39 is 5.56 Å². The topological polar surface area (TPSA) is 70.0 Å². The van der Waals surface area contributed by atoms with Gasteiger partial charge in [-0.25, -0.2) is 4.79 Å².